The van der Waals surface area contributed by atoms with E-state index in [2.05, 4.69) is 39.6 Å². The molecule has 2 rings (SSSR count). The SMILES string of the molecule is CCCNC(=O)CN1CCC(NC(=NCCCCCN2CCCCC2)NCC)CC1. The molecule has 0 aromatic heterocycles. The van der Waals surface area contributed by atoms with E-state index < -0.39 is 0 Å². The summed E-state index contributed by atoms with van der Waals surface area (Å²) in [5.74, 6) is 1.10. The van der Waals surface area contributed by atoms with E-state index in [1.165, 1.54) is 51.7 Å². The molecule has 2 aliphatic rings. The Morgan fingerprint density at radius 2 is 1.70 bits per heavy atom. The Bertz CT molecular complexity index is 484. The first kappa shape index (κ1) is 24.9. The van der Waals surface area contributed by atoms with Crippen LogP contribution in [0, 0.1) is 0 Å². The number of unbranched alkanes of at least 4 members (excludes halogenated alkanes) is 2. The van der Waals surface area contributed by atoms with E-state index in [9.17, 15) is 4.79 Å². The molecule has 2 heterocycles. The van der Waals surface area contributed by atoms with Gasteiger partial charge in [0.15, 0.2) is 5.96 Å². The van der Waals surface area contributed by atoms with Crippen molar-refractivity contribution in [2.45, 2.75) is 77.7 Å². The second kappa shape index (κ2) is 15.5. The van der Waals surface area contributed by atoms with Crippen molar-refractivity contribution in [2.24, 2.45) is 4.99 Å². The average molecular weight is 423 g/mol. The van der Waals surface area contributed by atoms with Crippen molar-refractivity contribution >= 4 is 11.9 Å². The standard InChI is InChI=1S/C23H46N6O/c1-3-13-25-22(30)20-29-18-11-21(12-19-29)27-23(24-4-2)26-14-7-5-8-15-28-16-9-6-10-17-28/h21H,3-20H2,1-2H3,(H,25,30)(H2,24,26,27). The molecule has 0 saturated carbocycles. The highest BCUT2D eigenvalue weighted by Gasteiger charge is 2.21. The number of rotatable bonds is 12. The lowest BCUT2D eigenvalue weighted by Crippen LogP contribution is -2.50. The molecule has 7 nitrogen and oxygen atoms in total. The Kier molecular flexibility index (Phi) is 12.8. The lowest BCUT2D eigenvalue weighted by molar-refractivity contribution is -0.122. The molecule has 3 N–H and O–H groups in total. The number of hydrogen-bond acceptors (Lipinski definition) is 4. The Morgan fingerprint density at radius 1 is 0.933 bits per heavy atom. The molecule has 1 amide bonds. The van der Waals surface area contributed by atoms with Gasteiger partial charge in [-0.15, -0.1) is 0 Å². The number of likely N-dealkylation sites (tertiary alicyclic amines) is 2. The van der Waals surface area contributed by atoms with Gasteiger partial charge < -0.3 is 20.9 Å². The maximum Gasteiger partial charge on any atom is 0.234 e. The minimum atomic E-state index is 0.151. The molecular formula is C23H46N6O. The minimum absolute atomic E-state index is 0.151. The summed E-state index contributed by atoms with van der Waals surface area (Å²) < 4.78 is 0. The van der Waals surface area contributed by atoms with Crippen molar-refractivity contribution < 1.29 is 4.79 Å². The van der Waals surface area contributed by atoms with E-state index in [-0.39, 0.29) is 5.91 Å². The Labute approximate surface area is 184 Å². The third-order valence-corrected chi connectivity index (χ3v) is 6.06. The van der Waals surface area contributed by atoms with Gasteiger partial charge in [0.25, 0.3) is 0 Å². The molecule has 2 saturated heterocycles. The van der Waals surface area contributed by atoms with Gasteiger partial charge in [-0.2, -0.15) is 0 Å². The van der Waals surface area contributed by atoms with Gasteiger partial charge in [0.1, 0.15) is 0 Å². The summed E-state index contributed by atoms with van der Waals surface area (Å²) in [6, 6.07) is 0.442. The van der Waals surface area contributed by atoms with Crippen molar-refractivity contribution in [1.82, 2.24) is 25.8 Å². The van der Waals surface area contributed by atoms with E-state index in [4.69, 9.17) is 4.99 Å². The molecule has 2 fully saturated rings. The van der Waals surface area contributed by atoms with Gasteiger partial charge in [-0.05, 0) is 71.5 Å². The molecule has 2 aliphatic heterocycles. The zero-order valence-corrected chi connectivity index (χ0v) is 19.6. The van der Waals surface area contributed by atoms with Crippen LogP contribution in [0.3, 0.4) is 0 Å². The second-order valence-electron chi connectivity index (χ2n) is 8.77. The fraction of sp³-hybridized carbons (Fsp3) is 0.913. The van der Waals surface area contributed by atoms with Crippen molar-refractivity contribution in [2.75, 3.05) is 58.9 Å². The van der Waals surface area contributed by atoms with Crippen LogP contribution < -0.4 is 16.0 Å². The second-order valence-corrected chi connectivity index (χ2v) is 8.77. The van der Waals surface area contributed by atoms with Crippen LogP contribution >= 0.6 is 0 Å². The molecule has 0 spiro atoms. The number of hydrogen-bond donors (Lipinski definition) is 3. The molecule has 0 aromatic carbocycles. The first-order chi connectivity index (χ1) is 14.7. The van der Waals surface area contributed by atoms with Crippen LogP contribution in [0.25, 0.3) is 0 Å². The first-order valence-corrected chi connectivity index (χ1v) is 12.5. The van der Waals surface area contributed by atoms with Crippen LogP contribution in [0.4, 0.5) is 0 Å². The number of carbonyl (C=O) groups is 1. The Morgan fingerprint density at radius 3 is 2.40 bits per heavy atom. The largest absolute Gasteiger partial charge is 0.357 e. The number of piperidine rings is 2. The molecule has 174 valence electrons. The summed E-state index contributed by atoms with van der Waals surface area (Å²) in [7, 11) is 0. The van der Waals surface area contributed by atoms with Crippen molar-refractivity contribution in [1.29, 1.82) is 0 Å². The third kappa shape index (κ3) is 10.6. The molecule has 7 heteroatoms. The van der Waals surface area contributed by atoms with Crippen LogP contribution in [-0.2, 0) is 4.79 Å². The monoisotopic (exact) mass is 422 g/mol. The molecule has 0 aromatic rings. The van der Waals surface area contributed by atoms with Crippen LogP contribution in [0.15, 0.2) is 4.99 Å². The van der Waals surface area contributed by atoms with Crippen LogP contribution in [0.1, 0.15) is 71.6 Å². The van der Waals surface area contributed by atoms with E-state index in [0.717, 1.165) is 64.4 Å². The van der Waals surface area contributed by atoms with Gasteiger partial charge in [0.2, 0.25) is 5.91 Å². The van der Waals surface area contributed by atoms with Gasteiger partial charge >= 0.3 is 0 Å². The fourth-order valence-corrected chi connectivity index (χ4v) is 4.27. The lowest BCUT2D eigenvalue weighted by atomic mass is 10.1. The topological polar surface area (TPSA) is 72.0 Å². The number of aliphatic imine (C=N–C) groups is 1. The highest BCUT2D eigenvalue weighted by Crippen LogP contribution is 2.11. The summed E-state index contributed by atoms with van der Waals surface area (Å²) in [5.41, 5.74) is 0. The van der Waals surface area contributed by atoms with E-state index >= 15 is 0 Å². The molecule has 0 atom stereocenters. The number of nitrogens with zero attached hydrogens (tertiary/aromatic N) is 3. The fourth-order valence-electron chi connectivity index (χ4n) is 4.27. The number of guanidine groups is 1. The molecular weight excluding hydrogens is 376 g/mol. The number of nitrogens with one attached hydrogen (secondary N) is 3. The zero-order valence-electron chi connectivity index (χ0n) is 19.6. The third-order valence-electron chi connectivity index (χ3n) is 6.06. The summed E-state index contributed by atoms with van der Waals surface area (Å²) in [6.45, 7) is 13.1. The maximum absolute atomic E-state index is 11.9. The van der Waals surface area contributed by atoms with Crippen molar-refractivity contribution in [3.63, 3.8) is 0 Å². The quantitative estimate of drug-likeness (QED) is 0.255. The first-order valence-electron chi connectivity index (χ1n) is 12.5. The van der Waals surface area contributed by atoms with Gasteiger partial charge in [-0.25, -0.2) is 0 Å². The van der Waals surface area contributed by atoms with Crippen LogP contribution in [0.2, 0.25) is 0 Å². The lowest BCUT2D eigenvalue weighted by Gasteiger charge is -2.32. The average Bonchev–Trinajstić information content (AvgIpc) is 2.77. The highest BCUT2D eigenvalue weighted by atomic mass is 16.2. The van der Waals surface area contributed by atoms with Crippen LogP contribution in [-0.4, -0.2) is 86.6 Å². The van der Waals surface area contributed by atoms with E-state index in [0.29, 0.717) is 12.6 Å². The summed E-state index contributed by atoms with van der Waals surface area (Å²) in [5, 5.41) is 9.97. The van der Waals surface area contributed by atoms with Crippen molar-refractivity contribution in [3.8, 4) is 0 Å². The smallest absolute Gasteiger partial charge is 0.234 e. The van der Waals surface area contributed by atoms with Gasteiger partial charge in [0.05, 0.1) is 6.54 Å². The van der Waals surface area contributed by atoms with Gasteiger partial charge in [-0.1, -0.05) is 19.8 Å². The van der Waals surface area contributed by atoms with Crippen LogP contribution in [0.5, 0.6) is 0 Å². The van der Waals surface area contributed by atoms with Gasteiger partial charge in [0, 0.05) is 38.8 Å². The minimum Gasteiger partial charge on any atom is -0.357 e. The highest BCUT2D eigenvalue weighted by molar-refractivity contribution is 5.80. The van der Waals surface area contributed by atoms with Crippen molar-refractivity contribution in [3.05, 3.63) is 0 Å². The number of amides is 1. The predicted octanol–water partition coefficient (Wildman–Crippen LogP) is 2.19. The predicted molar refractivity (Wildman–Crippen MR) is 126 cm³/mol. The normalized spacial score (nSPS) is 19.6. The molecule has 0 bridgehead atoms. The molecule has 0 unspecified atom stereocenters. The number of carbonyl (C=O) groups excluding carboxylic acids is 1. The molecule has 0 aliphatic carbocycles. The Balaban J connectivity index is 1.59. The zero-order chi connectivity index (χ0) is 21.4. The summed E-state index contributed by atoms with van der Waals surface area (Å²) in [6.07, 6.45) is 11.0. The molecule has 0 radical (unpaired) electrons. The van der Waals surface area contributed by atoms with E-state index in [1.807, 2.05) is 0 Å². The van der Waals surface area contributed by atoms with Gasteiger partial charge in [-0.3, -0.25) is 14.7 Å². The molecule has 30 heavy (non-hydrogen) atoms. The summed E-state index contributed by atoms with van der Waals surface area (Å²) >= 11 is 0. The van der Waals surface area contributed by atoms with E-state index in [1.54, 1.807) is 0 Å². The maximum atomic E-state index is 11.9. The Hall–Kier alpha value is -1.34. The summed E-state index contributed by atoms with van der Waals surface area (Å²) in [4.78, 5) is 21.6.